The molecule has 0 aromatic heterocycles. The van der Waals surface area contributed by atoms with E-state index in [1.807, 2.05) is 20.8 Å². The predicted octanol–water partition coefficient (Wildman–Crippen LogP) is 5.95. The Balaban J connectivity index is 2.87. The molecule has 0 aliphatic rings. The number of alkyl halides is 6. The van der Waals surface area contributed by atoms with E-state index in [1.54, 1.807) is 13.1 Å². The summed E-state index contributed by atoms with van der Waals surface area (Å²) in [6.45, 7) is 8.23. The van der Waals surface area contributed by atoms with Gasteiger partial charge >= 0.3 is 12.5 Å². The second kappa shape index (κ2) is 7.67. The van der Waals surface area contributed by atoms with Gasteiger partial charge < -0.3 is 14.5 Å². The smallest absolute Gasteiger partial charge is 0.406 e. The minimum Gasteiger partial charge on any atom is -0.406 e. The first-order valence-corrected chi connectivity index (χ1v) is 10.8. The molecule has 3 nitrogen and oxygen atoms in total. The maximum absolute atomic E-state index is 13.3. The van der Waals surface area contributed by atoms with Crippen molar-refractivity contribution in [3.8, 4) is 5.75 Å². The third-order valence-corrected chi connectivity index (χ3v) is 8.65. The quantitative estimate of drug-likeness (QED) is 0.470. The standard InChI is InChI=1S/C16H23F6NO2Si/c1-14(2,3)26(4,5)25-13(15(17,18)19)10-23-11-7-6-8-12(9-11)24-16(20,21)22/h6-9,13,23H,10H2,1-5H3. The van der Waals surface area contributed by atoms with Crippen LogP contribution in [0.2, 0.25) is 18.1 Å². The molecular weight excluding hydrogens is 380 g/mol. The fourth-order valence-corrected chi connectivity index (χ4v) is 3.05. The third-order valence-electron chi connectivity index (χ3n) is 4.17. The van der Waals surface area contributed by atoms with Gasteiger partial charge in [-0.3, -0.25) is 0 Å². The van der Waals surface area contributed by atoms with Crippen LogP contribution in [-0.4, -0.2) is 33.5 Å². The van der Waals surface area contributed by atoms with Crippen molar-refractivity contribution in [2.75, 3.05) is 11.9 Å². The Morgan fingerprint density at radius 2 is 1.62 bits per heavy atom. The highest BCUT2D eigenvalue weighted by atomic mass is 28.4. The molecule has 0 radical (unpaired) electrons. The van der Waals surface area contributed by atoms with E-state index in [1.165, 1.54) is 12.1 Å². The SMILES string of the molecule is CC(C)(C)[Si](C)(C)OC(CNc1cccc(OC(F)(F)F)c1)C(F)(F)F. The summed E-state index contributed by atoms with van der Waals surface area (Å²) in [4.78, 5) is 0. The van der Waals surface area contributed by atoms with Gasteiger partial charge in [-0.25, -0.2) is 0 Å². The lowest BCUT2D eigenvalue weighted by Gasteiger charge is -2.39. The molecule has 150 valence electrons. The van der Waals surface area contributed by atoms with Crippen LogP contribution in [-0.2, 0) is 4.43 Å². The van der Waals surface area contributed by atoms with Gasteiger partial charge in [-0.1, -0.05) is 26.8 Å². The Morgan fingerprint density at radius 1 is 1.04 bits per heavy atom. The summed E-state index contributed by atoms with van der Waals surface area (Å²) >= 11 is 0. The molecule has 10 heteroatoms. The van der Waals surface area contributed by atoms with Crippen LogP contribution in [0.15, 0.2) is 24.3 Å². The van der Waals surface area contributed by atoms with E-state index in [0.717, 1.165) is 12.1 Å². The highest BCUT2D eigenvalue weighted by Crippen LogP contribution is 2.39. The zero-order valence-electron chi connectivity index (χ0n) is 15.2. The van der Waals surface area contributed by atoms with Crippen molar-refractivity contribution in [1.29, 1.82) is 0 Å². The third kappa shape index (κ3) is 7.06. The molecule has 0 saturated carbocycles. The van der Waals surface area contributed by atoms with Crippen LogP contribution in [0.5, 0.6) is 5.75 Å². The molecule has 1 unspecified atom stereocenters. The van der Waals surface area contributed by atoms with E-state index in [-0.39, 0.29) is 5.69 Å². The maximum atomic E-state index is 13.3. The first-order chi connectivity index (χ1) is 11.5. The van der Waals surface area contributed by atoms with Crippen LogP contribution < -0.4 is 10.1 Å². The molecule has 0 spiro atoms. The lowest BCUT2D eigenvalue weighted by molar-refractivity contribution is -0.274. The Kier molecular flexibility index (Phi) is 6.67. The molecule has 0 bridgehead atoms. The highest BCUT2D eigenvalue weighted by Gasteiger charge is 2.47. The Hall–Kier alpha value is -1.42. The van der Waals surface area contributed by atoms with Crippen molar-refractivity contribution < 1.29 is 35.5 Å². The lowest BCUT2D eigenvalue weighted by Crippen LogP contribution is -2.50. The van der Waals surface area contributed by atoms with Gasteiger partial charge in [0.25, 0.3) is 0 Å². The van der Waals surface area contributed by atoms with Crippen LogP contribution in [0.1, 0.15) is 20.8 Å². The van der Waals surface area contributed by atoms with Crippen molar-refractivity contribution in [2.24, 2.45) is 0 Å². The Morgan fingerprint density at radius 3 is 2.08 bits per heavy atom. The largest absolute Gasteiger partial charge is 0.573 e. The molecule has 0 amide bonds. The van der Waals surface area contributed by atoms with Crippen molar-refractivity contribution in [1.82, 2.24) is 0 Å². The van der Waals surface area contributed by atoms with Crippen LogP contribution in [0.25, 0.3) is 0 Å². The fraction of sp³-hybridized carbons (Fsp3) is 0.625. The zero-order chi connectivity index (χ0) is 20.4. The van der Waals surface area contributed by atoms with Crippen molar-refractivity contribution >= 4 is 14.0 Å². The fourth-order valence-electron chi connectivity index (χ4n) is 1.77. The molecule has 0 saturated heterocycles. The molecule has 0 aliphatic carbocycles. The first-order valence-electron chi connectivity index (χ1n) is 7.85. The summed E-state index contributed by atoms with van der Waals surface area (Å²) in [7, 11) is -2.69. The van der Waals surface area contributed by atoms with Gasteiger partial charge in [0.1, 0.15) is 5.75 Å². The Labute approximate surface area is 149 Å². The molecule has 0 heterocycles. The average Bonchev–Trinajstić information content (AvgIpc) is 2.39. The van der Waals surface area contributed by atoms with E-state index in [4.69, 9.17) is 4.43 Å². The van der Waals surface area contributed by atoms with Crippen LogP contribution in [0, 0.1) is 0 Å². The second-order valence-electron chi connectivity index (χ2n) is 7.36. The molecule has 0 aliphatic heterocycles. The minimum atomic E-state index is -4.88. The van der Waals surface area contributed by atoms with E-state index < -0.39 is 44.3 Å². The Bertz CT molecular complexity index is 596. The van der Waals surface area contributed by atoms with Crippen LogP contribution >= 0.6 is 0 Å². The normalized spacial score (nSPS) is 14.9. The van der Waals surface area contributed by atoms with Crippen LogP contribution in [0.4, 0.5) is 32.0 Å². The van der Waals surface area contributed by atoms with Crippen molar-refractivity contribution in [3.63, 3.8) is 0 Å². The lowest BCUT2D eigenvalue weighted by atomic mass is 10.2. The van der Waals surface area contributed by atoms with Crippen molar-refractivity contribution in [2.45, 2.75) is 57.5 Å². The predicted molar refractivity (Wildman–Crippen MR) is 89.7 cm³/mol. The number of hydrogen-bond donors (Lipinski definition) is 1. The van der Waals surface area contributed by atoms with Gasteiger partial charge in [-0.15, -0.1) is 13.2 Å². The summed E-state index contributed by atoms with van der Waals surface area (Å²) in [5.74, 6) is -0.517. The van der Waals surface area contributed by atoms with Gasteiger partial charge in [-0.05, 0) is 30.3 Å². The summed E-state index contributed by atoms with van der Waals surface area (Å²) in [5.41, 5.74) is 0.0693. The maximum Gasteiger partial charge on any atom is 0.573 e. The van der Waals surface area contributed by atoms with Crippen LogP contribution in [0.3, 0.4) is 0 Å². The first kappa shape index (κ1) is 22.6. The van der Waals surface area contributed by atoms with Gasteiger partial charge in [0, 0.05) is 18.3 Å². The minimum absolute atomic E-state index is 0.0693. The van der Waals surface area contributed by atoms with E-state index in [2.05, 4.69) is 10.1 Å². The average molecular weight is 403 g/mol. The van der Waals surface area contributed by atoms with E-state index in [9.17, 15) is 26.3 Å². The molecule has 1 N–H and O–H groups in total. The molecule has 1 aromatic rings. The number of rotatable bonds is 6. The summed E-state index contributed by atoms with van der Waals surface area (Å²) < 4.78 is 85.9. The molecular formula is C16H23F6NO2Si. The highest BCUT2D eigenvalue weighted by molar-refractivity contribution is 6.74. The van der Waals surface area contributed by atoms with E-state index in [0.29, 0.717) is 0 Å². The number of halogens is 6. The zero-order valence-corrected chi connectivity index (χ0v) is 16.2. The second-order valence-corrected chi connectivity index (χ2v) is 12.1. The van der Waals surface area contributed by atoms with E-state index >= 15 is 0 Å². The summed E-state index contributed by atoms with van der Waals surface area (Å²) in [6.07, 6.45) is -11.6. The summed E-state index contributed by atoms with van der Waals surface area (Å²) in [5, 5.41) is 2.06. The van der Waals surface area contributed by atoms with Gasteiger partial charge in [0.2, 0.25) is 0 Å². The van der Waals surface area contributed by atoms with Gasteiger partial charge in [0.15, 0.2) is 14.4 Å². The number of benzene rings is 1. The topological polar surface area (TPSA) is 30.5 Å². The van der Waals surface area contributed by atoms with Gasteiger partial charge in [-0.2, -0.15) is 13.2 Å². The summed E-state index contributed by atoms with van der Waals surface area (Å²) in [6, 6.07) is 4.64. The van der Waals surface area contributed by atoms with Gasteiger partial charge in [0.05, 0.1) is 0 Å². The number of hydrogen-bond acceptors (Lipinski definition) is 3. The molecule has 0 fully saturated rings. The molecule has 26 heavy (non-hydrogen) atoms. The molecule has 1 atom stereocenters. The number of anilines is 1. The monoisotopic (exact) mass is 403 g/mol. The molecule has 1 rings (SSSR count). The number of nitrogens with one attached hydrogen (secondary N) is 1. The molecule has 1 aromatic carbocycles. The number of ether oxygens (including phenoxy) is 1. The van der Waals surface area contributed by atoms with Crippen molar-refractivity contribution in [3.05, 3.63) is 24.3 Å².